The molecule has 0 unspecified atom stereocenters. The molecule has 0 amide bonds. The Morgan fingerprint density at radius 1 is 1.23 bits per heavy atom. The Kier molecular flexibility index (Phi) is 5.80. The van der Waals surface area contributed by atoms with Crippen LogP contribution in [0.4, 0.5) is 0 Å². The number of alkyl halides is 1. The number of hydrogen-bond donors (Lipinski definition) is 0. The van der Waals surface area contributed by atoms with Gasteiger partial charge in [-0.1, -0.05) is 42.1 Å². The van der Waals surface area contributed by atoms with E-state index >= 15 is 0 Å². The second kappa shape index (κ2) is 6.34. The van der Waals surface area contributed by atoms with Crippen LogP contribution >= 0.6 is 27.7 Å². The molecule has 1 aliphatic rings. The van der Waals surface area contributed by atoms with Gasteiger partial charge in [0, 0.05) is 5.33 Å². The Labute approximate surface area is 95.4 Å². The summed E-state index contributed by atoms with van der Waals surface area (Å²) >= 11 is 5.86. The lowest BCUT2D eigenvalue weighted by atomic mass is 9.77. The largest absolute Gasteiger partial charge is 0.161 e. The molecule has 0 nitrogen and oxygen atoms in total. The summed E-state index contributed by atoms with van der Waals surface area (Å²) in [4.78, 5) is 0. The van der Waals surface area contributed by atoms with Crippen molar-refractivity contribution in [3.8, 4) is 0 Å². The SMILES string of the molecule is CCCSCC1(CBr)CCCCC1. The fraction of sp³-hybridized carbons (Fsp3) is 1.00. The molecule has 1 saturated carbocycles. The third-order valence-electron chi connectivity index (χ3n) is 2.95. The second-order valence-electron chi connectivity index (χ2n) is 4.25. The Morgan fingerprint density at radius 3 is 2.46 bits per heavy atom. The van der Waals surface area contributed by atoms with Gasteiger partial charge >= 0.3 is 0 Å². The highest BCUT2D eigenvalue weighted by molar-refractivity contribution is 9.09. The molecular weight excluding hydrogens is 244 g/mol. The molecule has 0 aliphatic heterocycles. The van der Waals surface area contributed by atoms with Crippen molar-refractivity contribution in [3.05, 3.63) is 0 Å². The highest BCUT2D eigenvalue weighted by Crippen LogP contribution is 2.40. The van der Waals surface area contributed by atoms with Gasteiger partial charge in [0.1, 0.15) is 0 Å². The van der Waals surface area contributed by atoms with Gasteiger partial charge in [0.15, 0.2) is 0 Å². The molecule has 13 heavy (non-hydrogen) atoms. The van der Waals surface area contributed by atoms with Gasteiger partial charge in [-0.2, -0.15) is 11.8 Å². The van der Waals surface area contributed by atoms with Crippen molar-refractivity contribution in [2.45, 2.75) is 45.4 Å². The Balaban J connectivity index is 2.29. The molecule has 0 aromatic heterocycles. The topological polar surface area (TPSA) is 0 Å². The predicted octanol–water partition coefficient (Wildman–Crippen LogP) is 4.48. The summed E-state index contributed by atoms with van der Waals surface area (Å²) in [5, 5.41) is 1.22. The lowest BCUT2D eigenvalue weighted by Crippen LogP contribution is -2.28. The molecule has 1 aliphatic carbocycles. The van der Waals surface area contributed by atoms with E-state index in [1.165, 1.54) is 55.4 Å². The molecule has 2 heteroatoms. The highest BCUT2D eigenvalue weighted by Gasteiger charge is 2.30. The maximum Gasteiger partial charge on any atom is 0.00958 e. The van der Waals surface area contributed by atoms with Crippen molar-refractivity contribution in [1.29, 1.82) is 0 Å². The van der Waals surface area contributed by atoms with Crippen molar-refractivity contribution >= 4 is 27.7 Å². The van der Waals surface area contributed by atoms with Crippen molar-refractivity contribution in [2.75, 3.05) is 16.8 Å². The monoisotopic (exact) mass is 264 g/mol. The molecule has 78 valence electrons. The van der Waals surface area contributed by atoms with Crippen molar-refractivity contribution in [1.82, 2.24) is 0 Å². The first-order valence-corrected chi connectivity index (χ1v) is 7.74. The van der Waals surface area contributed by atoms with E-state index in [2.05, 4.69) is 34.6 Å². The molecular formula is C11H21BrS. The van der Waals surface area contributed by atoms with Crippen LogP contribution in [0.3, 0.4) is 0 Å². The first-order chi connectivity index (χ1) is 6.33. The second-order valence-corrected chi connectivity index (χ2v) is 5.91. The first kappa shape index (κ1) is 11.9. The summed E-state index contributed by atoms with van der Waals surface area (Å²) in [5.74, 6) is 2.72. The van der Waals surface area contributed by atoms with E-state index in [-0.39, 0.29) is 0 Å². The normalized spacial score (nSPS) is 21.7. The van der Waals surface area contributed by atoms with Crippen LogP contribution in [-0.2, 0) is 0 Å². The minimum absolute atomic E-state index is 0.651. The average molecular weight is 265 g/mol. The smallest absolute Gasteiger partial charge is 0.00958 e. The average Bonchev–Trinajstić information content (AvgIpc) is 2.20. The summed E-state index contributed by atoms with van der Waals surface area (Å²) < 4.78 is 0. The minimum atomic E-state index is 0.651. The van der Waals surface area contributed by atoms with Crippen LogP contribution in [0, 0.1) is 5.41 Å². The molecule has 0 atom stereocenters. The maximum atomic E-state index is 3.71. The zero-order valence-corrected chi connectivity index (χ0v) is 11.1. The zero-order chi connectivity index (χ0) is 9.57. The summed E-state index contributed by atoms with van der Waals surface area (Å²) in [6.07, 6.45) is 8.61. The quantitative estimate of drug-likeness (QED) is 0.522. The summed E-state index contributed by atoms with van der Waals surface area (Å²) in [5.41, 5.74) is 0.651. The van der Waals surface area contributed by atoms with Crippen molar-refractivity contribution in [3.63, 3.8) is 0 Å². The van der Waals surface area contributed by atoms with Crippen molar-refractivity contribution < 1.29 is 0 Å². The van der Waals surface area contributed by atoms with Gasteiger partial charge in [-0.3, -0.25) is 0 Å². The molecule has 0 N–H and O–H groups in total. The Morgan fingerprint density at radius 2 is 1.92 bits per heavy atom. The minimum Gasteiger partial charge on any atom is -0.161 e. The van der Waals surface area contributed by atoms with Crippen molar-refractivity contribution in [2.24, 2.45) is 5.41 Å². The van der Waals surface area contributed by atoms with E-state index in [4.69, 9.17) is 0 Å². The molecule has 0 spiro atoms. The fourth-order valence-electron chi connectivity index (χ4n) is 2.05. The van der Waals surface area contributed by atoms with E-state index in [9.17, 15) is 0 Å². The molecule has 0 bridgehead atoms. The van der Waals surface area contributed by atoms with E-state index in [0.29, 0.717) is 5.41 Å². The molecule has 0 heterocycles. The number of halogens is 1. The molecule has 0 radical (unpaired) electrons. The number of hydrogen-bond acceptors (Lipinski definition) is 1. The van der Waals surface area contributed by atoms with Crippen LogP contribution in [0.5, 0.6) is 0 Å². The third kappa shape index (κ3) is 3.83. The van der Waals surface area contributed by atoms with Crippen LogP contribution in [0.2, 0.25) is 0 Å². The molecule has 1 rings (SSSR count). The van der Waals surface area contributed by atoms with E-state index in [0.717, 1.165) is 0 Å². The van der Waals surface area contributed by atoms with Gasteiger partial charge in [-0.25, -0.2) is 0 Å². The molecule has 1 fully saturated rings. The standard InChI is InChI=1S/C11H21BrS/c1-2-8-13-10-11(9-12)6-4-3-5-7-11/h2-10H2,1H3. The zero-order valence-electron chi connectivity index (χ0n) is 8.65. The lowest BCUT2D eigenvalue weighted by Gasteiger charge is -2.35. The van der Waals surface area contributed by atoms with Gasteiger partial charge < -0.3 is 0 Å². The third-order valence-corrected chi connectivity index (χ3v) is 5.66. The van der Waals surface area contributed by atoms with Crippen LogP contribution < -0.4 is 0 Å². The predicted molar refractivity (Wildman–Crippen MR) is 66.9 cm³/mol. The molecule has 0 saturated heterocycles. The van der Waals surface area contributed by atoms with Gasteiger partial charge in [-0.05, 0) is 36.2 Å². The van der Waals surface area contributed by atoms with Crippen LogP contribution in [-0.4, -0.2) is 16.8 Å². The lowest BCUT2D eigenvalue weighted by molar-refractivity contribution is 0.260. The van der Waals surface area contributed by atoms with Gasteiger partial charge in [0.2, 0.25) is 0 Å². The Hall–Kier alpha value is 0.830. The Bertz CT molecular complexity index is 130. The summed E-state index contributed by atoms with van der Waals surface area (Å²) in [7, 11) is 0. The van der Waals surface area contributed by atoms with Gasteiger partial charge in [0.05, 0.1) is 0 Å². The van der Waals surface area contributed by atoms with Gasteiger partial charge in [0.25, 0.3) is 0 Å². The molecule has 0 aromatic carbocycles. The summed E-state index contributed by atoms with van der Waals surface area (Å²) in [6, 6.07) is 0. The fourth-order valence-corrected chi connectivity index (χ4v) is 4.33. The van der Waals surface area contributed by atoms with Crippen LogP contribution in [0.1, 0.15) is 45.4 Å². The first-order valence-electron chi connectivity index (χ1n) is 5.47. The van der Waals surface area contributed by atoms with E-state index in [1.54, 1.807) is 0 Å². The van der Waals surface area contributed by atoms with E-state index < -0.39 is 0 Å². The van der Waals surface area contributed by atoms with Crippen LogP contribution in [0.15, 0.2) is 0 Å². The number of rotatable bonds is 5. The van der Waals surface area contributed by atoms with Gasteiger partial charge in [-0.15, -0.1) is 0 Å². The summed E-state index contributed by atoms with van der Waals surface area (Å²) in [6.45, 7) is 2.27. The van der Waals surface area contributed by atoms with E-state index in [1.807, 2.05) is 0 Å². The number of thioether (sulfide) groups is 1. The molecule has 0 aromatic rings. The maximum absolute atomic E-state index is 3.71. The van der Waals surface area contributed by atoms with Crippen LogP contribution in [0.25, 0.3) is 0 Å². The highest BCUT2D eigenvalue weighted by atomic mass is 79.9.